The number of rotatable bonds is 5. The second kappa shape index (κ2) is 7.70. The molecule has 142 valence electrons. The van der Waals surface area contributed by atoms with Crippen molar-refractivity contribution in [2.45, 2.75) is 13.3 Å². The van der Waals surface area contributed by atoms with Crippen LogP contribution in [0.1, 0.15) is 12.0 Å². The van der Waals surface area contributed by atoms with Gasteiger partial charge in [0.05, 0.1) is 18.7 Å². The number of hydrogen-bond acceptors (Lipinski definition) is 4. The molecule has 1 N–H and O–H groups in total. The first-order valence-electron chi connectivity index (χ1n) is 8.92. The number of nitrogens with one attached hydrogen (secondary N) is 1. The molecule has 1 aliphatic heterocycles. The molecule has 1 atom stereocenters. The first-order chi connectivity index (χ1) is 12.9. The maximum absolute atomic E-state index is 12.7. The largest absolute Gasteiger partial charge is 0.495 e. The molecule has 27 heavy (non-hydrogen) atoms. The van der Waals surface area contributed by atoms with E-state index in [1.54, 1.807) is 12.0 Å². The van der Waals surface area contributed by atoms with E-state index in [4.69, 9.17) is 4.74 Å². The Balaban J connectivity index is 1.71. The van der Waals surface area contributed by atoms with Crippen molar-refractivity contribution in [1.29, 1.82) is 0 Å². The Morgan fingerprint density at radius 2 is 1.89 bits per heavy atom. The number of aryl methyl sites for hydroxylation is 1. The van der Waals surface area contributed by atoms with Crippen LogP contribution in [0.5, 0.6) is 5.75 Å². The topological polar surface area (TPSA) is 61.9 Å². The van der Waals surface area contributed by atoms with E-state index in [1.807, 2.05) is 68.4 Å². The zero-order chi connectivity index (χ0) is 19.6. The molecule has 2 aromatic carbocycles. The third-order valence-corrected chi connectivity index (χ3v) is 4.79. The van der Waals surface area contributed by atoms with Crippen LogP contribution in [-0.4, -0.2) is 39.6 Å². The van der Waals surface area contributed by atoms with Crippen LogP contribution in [0.3, 0.4) is 0 Å². The molecule has 0 aliphatic carbocycles. The summed E-state index contributed by atoms with van der Waals surface area (Å²) in [5.41, 5.74) is 3.53. The Hall–Kier alpha value is -3.02. The lowest BCUT2D eigenvalue weighted by molar-refractivity contribution is -0.122. The number of methoxy groups -OCH3 is 1. The van der Waals surface area contributed by atoms with E-state index in [-0.39, 0.29) is 18.2 Å². The lowest BCUT2D eigenvalue weighted by Gasteiger charge is -2.19. The highest BCUT2D eigenvalue weighted by Gasteiger charge is 2.35. The van der Waals surface area contributed by atoms with Crippen molar-refractivity contribution in [3.8, 4) is 5.75 Å². The standard InChI is InChI=1S/C21H25N3O3/c1-14-5-10-19(27-4)18(11-14)22-21(26)15-12-20(25)24(13-15)17-8-6-16(7-9-17)23(2)3/h5-11,15H,12-13H2,1-4H3,(H,22,26). The smallest absolute Gasteiger partial charge is 0.229 e. The number of ether oxygens (including phenoxy) is 1. The molecule has 6 nitrogen and oxygen atoms in total. The molecule has 6 heteroatoms. The van der Waals surface area contributed by atoms with Gasteiger partial charge in [-0.05, 0) is 48.9 Å². The molecule has 0 spiro atoms. The molecule has 1 fully saturated rings. The molecule has 0 bridgehead atoms. The second-order valence-electron chi connectivity index (χ2n) is 7.01. The fourth-order valence-electron chi connectivity index (χ4n) is 3.22. The number of carbonyl (C=O) groups is 2. The summed E-state index contributed by atoms with van der Waals surface area (Å²) in [6, 6.07) is 13.4. The number of hydrogen-bond donors (Lipinski definition) is 1. The third kappa shape index (κ3) is 4.05. The predicted octanol–water partition coefficient (Wildman–Crippen LogP) is 3.06. The molecule has 2 aromatic rings. The molecule has 0 aromatic heterocycles. The minimum atomic E-state index is -0.392. The maximum Gasteiger partial charge on any atom is 0.229 e. The Morgan fingerprint density at radius 3 is 2.52 bits per heavy atom. The zero-order valence-corrected chi connectivity index (χ0v) is 16.2. The monoisotopic (exact) mass is 367 g/mol. The highest BCUT2D eigenvalue weighted by Crippen LogP contribution is 2.30. The molecule has 3 rings (SSSR count). The van der Waals surface area contributed by atoms with E-state index in [0.717, 1.165) is 16.9 Å². The van der Waals surface area contributed by atoms with Crippen molar-refractivity contribution >= 4 is 28.9 Å². The minimum Gasteiger partial charge on any atom is -0.495 e. The van der Waals surface area contributed by atoms with Crippen LogP contribution in [0.4, 0.5) is 17.1 Å². The van der Waals surface area contributed by atoms with Crippen molar-refractivity contribution in [3.05, 3.63) is 48.0 Å². The van der Waals surface area contributed by atoms with Gasteiger partial charge in [-0.25, -0.2) is 0 Å². The summed E-state index contributed by atoms with van der Waals surface area (Å²) in [5.74, 6) is 0.00858. The van der Waals surface area contributed by atoms with Crippen molar-refractivity contribution in [3.63, 3.8) is 0 Å². The SMILES string of the molecule is COc1ccc(C)cc1NC(=O)C1CC(=O)N(c2ccc(N(C)C)cc2)C1. The Bertz CT molecular complexity index is 846. The van der Waals surface area contributed by atoms with Crippen molar-refractivity contribution in [2.75, 3.05) is 42.9 Å². The van der Waals surface area contributed by atoms with Crippen LogP contribution in [0, 0.1) is 12.8 Å². The number of anilines is 3. The van der Waals surface area contributed by atoms with Gasteiger partial charge >= 0.3 is 0 Å². The van der Waals surface area contributed by atoms with E-state index in [1.165, 1.54) is 0 Å². The third-order valence-electron chi connectivity index (χ3n) is 4.79. The number of nitrogens with zero attached hydrogens (tertiary/aromatic N) is 2. The summed E-state index contributed by atoms with van der Waals surface area (Å²) in [4.78, 5) is 28.8. The number of benzene rings is 2. The van der Waals surface area contributed by atoms with Crippen molar-refractivity contribution in [2.24, 2.45) is 5.92 Å². The van der Waals surface area contributed by atoms with Gasteiger partial charge in [0.15, 0.2) is 0 Å². The van der Waals surface area contributed by atoms with E-state index < -0.39 is 5.92 Å². The van der Waals surface area contributed by atoms with E-state index in [9.17, 15) is 9.59 Å². The van der Waals surface area contributed by atoms with Crippen LogP contribution < -0.4 is 19.9 Å². The zero-order valence-electron chi connectivity index (χ0n) is 16.2. The van der Waals surface area contributed by atoms with Crippen LogP contribution in [-0.2, 0) is 9.59 Å². The normalized spacial score (nSPS) is 16.4. The highest BCUT2D eigenvalue weighted by molar-refractivity contribution is 6.04. The minimum absolute atomic E-state index is 0.0380. The first-order valence-corrected chi connectivity index (χ1v) is 8.92. The van der Waals surface area contributed by atoms with E-state index in [0.29, 0.717) is 18.0 Å². The Morgan fingerprint density at radius 1 is 1.19 bits per heavy atom. The van der Waals surface area contributed by atoms with E-state index >= 15 is 0 Å². The molecule has 0 radical (unpaired) electrons. The molecular formula is C21H25N3O3. The van der Waals surface area contributed by atoms with Crippen LogP contribution >= 0.6 is 0 Å². The van der Waals surface area contributed by atoms with Gasteiger partial charge in [-0.1, -0.05) is 6.07 Å². The van der Waals surface area contributed by atoms with E-state index in [2.05, 4.69) is 5.32 Å². The molecule has 1 heterocycles. The van der Waals surface area contributed by atoms with Crippen molar-refractivity contribution in [1.82, 2.24) is 0 Å². The molecule has 2 amide bonds. The van der Waals surface area contributed by atoms with Gasteiger partial charge in [-0.2, -0.15) is 0 Å². The maximum atomic E-state index is 12.7. The Kier molecular flexibility index (Phi) is 5.35. The molecular weight excluding hydrogens is 342 g/mol. The number of carbonyl (C=O) groups excluding carboxylic acids is 2. The van der Waals surface area contributed by atoms with Gasteiger partial charge in [-0.15, -0.1) is 0 Å². The van der Waals surface area contributed by atoms with Crippen molar-refractivity contribution < 1.29 is 14.3 Å². The molecule has 1 unspecified atom stereocenters. The predicted molar refractivity (Wildman–Crippen MR) is 108 cm³/mol. The summed E-state index contributed by atoms with van der Waals surface area (Å²) in [6.45, 7) is 2.33. The quantitative estimate of drug-likeness (QED) is 0.882. The molecule has 0 saturated carbocycles. The summed E-state index contributed by atoms with van der Waals surface area (Å²) in [5, 5.41) is 2.91. The fraction of sp³-hybridized carbons (Fsp3) is 0.333. The van der Waals surface area contributed by atoms with Gasteiger partial charge < -0.3 is 19.9 Å². The van der Waals surface area contributed by atoms with Gasteiger partial charge in [0.25, 0.3) is 0 Å². The lowest BCUT2D eigenvalue weighted by Crippen LogP contribution is -2.28. The summed E-state index contributed by atoms with van der Waals surface area (Å²) in [7, 11) is 5.50. The molecule has 1 saturated heterocycles. The number of amides is 2. The fourth-order valence-corrected chi connectivity index (χ4v) is 3.22. The van der Waals surface area contributed by atoms with Crippen LogP contribution in [0.2, 0.25) is 0 Å². The van der Waals surface area contributed by atoms with Crippen LogP contribution in [0.25, 0.3) is 0 Å². The highest BCUT2D eigenvalue weighted by atomic mass is 16.5. The summed E-state index contributed by atoms with van der Waals surface area (Å²) < 4.78 is 5.31. The molecule has 1 aliphatic rings. The van der Waals surface area contributed by atoms with Gasteiger partial charge in [-0.3, -0.25) is 9.59 Å². The summed E-state index contributed by atoms with van der Waals surface area (Å²) in [6.07, 6.45) is 0.204. The van der Waals surface area contributed by atoms with Crippen LogP contribution in [0.15, 0.2) is 42.5 Å². The van der Waals surface area contributed by atoms with Gasteiger partial charge in [0, 0.05) is 38.4 Å². The van der Waals surface area contributed by atoms with Gasteiger partial charge in [0.1, 0.15) is 5.75 Å². The average molecular weight is 367 g/mol. The average Bonchev–Trinajstić information content (AvgIpc) is 3.04. The first kappa shape index (κ1) is 18.8. The second-order valence-corrected chi connectivity index (χ2v) is 7.01. The Labute approximate surface area is 159 Å². The summed E-state index contributed by atoms with van der Waals surface area (Å²) >= 11 is 0. The lowest BCUT2D eigenvalue weighted by atomic mass is 10.1. The van der Waals surface area contributed by atoms with Gasteiger partial charge in [0.2, 0.25) is 11.8 Å².